The summed E-state index contributed by atoms with van der Waals surface area (Å²) in [5.41, 5.74) is 1.00. The Bertz CT molecular complexity index is 666. The van der Waals surface area contributed by atoms with Crippen LogP contribution in [-0.4, -0.2) is 47.2 Å². The Morgan fingerprint density at radius 1 is 1.05 bits per heavy atom. The Balaban J connectivity index is 1.65. The number of carbonyl (C=O) groups excluding carboxylic acids is 1. The monoisotopic (exact) mass is 300 g/mol. The van der Waals surface area contributed by atoms with E-state index in [2.05, 4.69) is 15.1 Å². The molecule has 2 heterocycles. The van der Waals surface area contributed by atoms with E-state index >= 15 is 0 Å². The third kappa shape index (κ3) is 2.90. The molecule has 0 saturated carbocycles. The van der Waals surface area contributed by atoms with E-state index < -0.39 is 5.82 Å². The lowest BCUT2D eigenvalue weighted by molar-refractivity contribution is 0.0742. The Labute approximate surface area is 128 Å². The molecule has 6 heteroatoms. The lowest BCUT2D eigenvalue weighted by Crippen LogP contribution is -2.49. The highest BCUT2D eigenvalue weighted by Crippen LogP contribution is 2.15. The summed E-state index contributed by atoms with van der Waals surface area (Å²) in [4.78, 5) is 16.1. The molecular formula is C16H17FN4O. The molecule has 0 aliphatic carbocycles. The van der Waals surface area contributed by atoms with Crippen LogP contribution in [0.4, 0.5) is 10.2 Å². The van der Waals surface area contributed by atoms with E-state index in [0.717, 1.165) is 11.5 Å². The molecule has 2 aromatic rings. The van der Waals surface area contributed by atoms with Gasteiger partial charge in [0.1, 0.15) is 5.82 Å². The number of aromatic nitrogens is 2. The zero-order valence-electron chi connectivity index (χ0n) is 12.4. The minimum Gasteiger partial charge on any atom is -0.352 e. The van der Waals surface area contributed by atoms with Crippen LogP contribution < -0.4 is 4.90 Å². The second kappa shape index (κ2) is 6.09. The minimum atomic E-state index is -0.473. The lowest BCUT2D eigenvalue weighted by atomic mass is 10.1. The van der Waals surface area contributed by atoms with Gasteiger partial charge in [0.15, 0.2) is 5.82 Å². The number of hydrogen-bond acceptors (Lipinski definition) is 4. The summed E-state index contributed by atoms with van der Waals surface area (Å²) in [6.45, 7) is 4.31. The maximum Gasteiger partial charge on any atom is 0.256 e. The van der Waals surface area contributed by atoms with Gasteiger partial charge in [-0.25, -0.2) is 4.39 Å². The fraction of sp³-hybridized carbons (Fsp3) is 0.312. The first-order valence-electron chi connectivity index (χ1n) is 7.24. The van der Waals surface area contributed by atoms with E-state index in [1.807, 2.05) is 19.1 Å². The highest BCUT2D eigenvalue weighted by Gasteiger charge is 2.24. The molecule has 1 amide bonds. The summed E-state index contributed by atoms with van der Waals surface area (Å²) in [7, 11) is 0. The van der Waals surface area contributed by atoms with Gasteiger partial charge < -0.3 is 9.80 Å². The van der Waals surface area contributed by atoms with Gasteiger partial charge in [-0.1, -0.05) is 12.1 Å². The van der Waals surface area contributed by atoms with Crippen molar-refractivity contribution in [1.82, 2.24) is 15.1 Å². The third-order valence-corrected chi connectivity index (χ3v) is 3.78. The highest BCUT2D eigenvalue weighted by atomic mass is 19.1. The van der Waals surface area contributed by atoms with Crippen molar-refractivity contribution in [3.8, 4) is 0 Å². The number of piperazine rings is 1. The molecule has 1 aliphatic rings. The lowest BCUT2D eigenvalue weighted by Gasteiger charge is -2.35. The normalized spacial score (nSPS) is 15.0. The summed E-state index contributed by atoms with van der Waals surface area (Å²) < 4.78 is 13.7. The van der Waals surface area contributed by atoms with Gasteiger partial charge in [-0.2, -0.15) is 5.10 Å². The van der Waals surface area contributed by atoms with Crippen LogP contribution in [0.25, 0.3) is 0 Å². The zero-order chi connectivity index (χ0) is 15.5. The van der Waals surface area contributed by atoms with Gasteiger partial charge in [-0.3, -0.25) is 4.79 Å². The third-order valence-electron chi connectivity index (χ3n) is 3.78. The molecule has 0 unspecified atom stereocenters. The number of rotatable bonds is 2. The molecule has 1 aromatic carbocycles. The van der Waals surface area contributed by atoms with Crippen LogP contribution in [0.15, 0.2) is 36.4 Å². The van der Waals surface area contributed by atoms with Crippen LogP contribution in [0.5, 0.6) is 0 Å². The van der Waals surface area contributed by atoms with Crippen molar-refractivity contribution >= 4 is 11.7 Å². The molecule has 1 aromatic heterocycles. The Kier molecular flexibility index (Phi) is 4.00. The first kappa shape index (κ1) is 14.4. The van der Waals surface area contributed by atoms with E-state index in [0.29, 0.717) is 26.2 Å². The highest BCUT2D eigenvalue weighted by molar-refractivity contribution is 5.94. The van der Waals surface area contributed by atoms with Crippen LogP contribution in [0.2, 0.25) is 0 Å². The van der Waals surface area contributed by atoms with Gasteiger partial charge in [0, 0.05) is 26.2 Å². The second-order valence-electron chi connectivity index (χ2n) is 5.29. The van der Waals surface area contributed by atoms with Gasteiger partial charge in [-0.05, 0) is 31.2 Å². The van der Waals surface area contributed by atoms with Gasteiger partial charge in [-0.15, -0.1) is 5.10 Å². The van der Waals surface area contributed by atoms with Crippen molar-refractivity contribution in [2.75, 3.05) is 31.1 Å². The van der Waals surface area contributed by atoms with Gasteiger partial charge in [0.2, 0.25) is 0 Å². The Morgan fingerprint density at radius 3 is 2.41 bits per heavy atom. The minimum absolute atomic E-state index is 0.131. The number of carbonyl (C=O) groups is 1. The van der Waals surface area contributed by atoms with E-state index in [-0.39, 0.29) is 11.5 Å². The Hall–Kier alpha value is -2.50. The maximum atomic E-state index is 13.7. The summed E-state index contributed by atoms with van der Waals surface area (Å²) in [5, 5.41) is 8.20. The van der Waals surface area contributed by atoms with Crippen LogP contribution in [0.3, 0.4) is 0 Å². The van der Waals surface area contributed by atoms with Crippen LogP contribution >= 0.6 is 0 Å². The van der Waals surface area contributed by atoms with Gasteiger partial charge in [0.05, 0.1) is 11.3 Å². The summed E-state index contributed by atoms with van der Waals surface area (Å²) in [5.74, 6) is 0.0793. The van der Waals surface area contributed by atoms with Crippen molar-refractivity contribution in [3.05, 3.63) is 53.5 Å². The number of halogens is 1. The van der Waals surface area contributed by atoms with Gasteiger partial charge >= 0.3 is 0 Å². The standard InChI is InChI=1S/C16H17FN4O/c1-12-6-7-15(19-18-12)20-8-10-21(11-9-20)16(22)13-4-2-3-5-14(13)17/h2-7H,8-11H2,1H3. The number of amides is 1. The van der Waals surface area contributed by atoms with Crippen molar-refractivity contribution in [1.29, 1.82) is 0 Å². The SMILES string of the molecule is Cc1ccc(N2CCN(C(=O)c3ccccc3F)CC2)nn1. The first-order valence-corrected chi connectivity index (χ1v) is 7.24. The molecule has 1 saturated heterocycles. The molecule has 0 radical (unpaired) electrons. The summed E-state index contributed by atoms with van der Waals surface area (Å²) in [6.07, 6.45) is 0. The molecule has 0 bridgehead atoms. The van der Waals surface area contributed by atoms with E-state index in [9.17, 15) is 9.18 Å². The first-order chi connectivity index (χ1) is 10.6. The smallest absolute Gasteiger partial charge is 0.256 e. The van der Waals surface area contributed by atoms with Gasteiger partial charge in [0.25, 0.3) is 5.91 Å². The number of aryl methyl sites for hydroxylation is 1. The predicted molar refractivity (Wildman–Crippen MR) is 81.3 cm³/mol. The summed E-state index contributed by atoms with van der Waals surface area (Å²) in [6, 6.07) is 9.94. The Morgan fingerprint density at radius 2 is 1.77 bits per heavy atom. The largest absolute Gasteiger partial charge is 0.352 e. The molecule has 22 heavy (non-hydrogen) atoms. The maximum absolute atomic E-state index is 13.7. The number of nitrogens with zero attached hydrogens (tertiary/aromatic N) is 4. The fourth-order valence-electron chi connectivity index (χ4n) is 2.50. The number of benzene rings is 1. The molecule has 1 fully saturated rings. The zero-order valence-corrected chi connectivity index (χ0v) is 12.4. The quantitative estimate of drug-likeness (QED) is 0.850. The van der Waals surface area contributed by atoms with Crippen molar-refractivity contribution < 1.29 is 9.18 Å². The fourth-order valence-corrected chi connectivity index (χ4v) is 2.50. The average molecular weight is 300 g/mol. The molecule has 114 valence electrons. The van der Waals surface area contributed by atoms with Crippen molar-refractivity contribution in [3.63, 3.8) is 0 Å². The summed E-state index contributed by atoms with van der Waals surface area (Å²) >= 11 is 0. The van der Waals surface area contributed by atoms with Crippen LogP contribution in [0, 0.1) is 12.7 Å². The molecule has 5 nitrogen and oxygen atoms in total. The average Bonchev–Trinajstić information content (AvgIpc) is 2.56. The molecule has 0 N–H and O–H groups in total. The van der Waals surface area contributed by atoms with E-state index in [1.165, 1.54) is 12.1 Å². The molecule has 0 atom stereocenters. The topological polar surface area (TPSA) is 49.3 Å². The van der Waals surface area contributed by atoms with Crippen LogP contribution in [-0.2, 0) is 0 Å². The van der Waals surface area contributed by atoms with E-state index in [1.54, 1.807) is 17.0 Å². The number of anilines is 1. The molecule has 3 rings (SSSR count). The predicted octanol–water partition coefficient (Wildman–Crippen LogP) is 1.89. The molecule has 1 aliphatic heterocycles. The molecule has 0 spiro atoms. The van der Waals surface area contributed by atoms with Crippen LogP contribution in [0.1, 0.15) is 16.1 Å². The van der Waals surface area contributed by atoms with Crippen molar-refractivity contribution in [2.45, 2.75) is 6.92 Å². The van der Waals surface area contributed by atoms with E-state index in [4.69, 9.17) is 0 Å². The van der Waals surface area contributed by atoms with Crippen molar-refractivity contribution in [2.24, 2.45) is 0 Å². The molecular weight excluding hydrogens is 283 g/mol. The number of hydrogen-bond donors (Lipinski definition) is 0. The second-order valence-corrected chi connectivity index (χ2v) is 5.29.